The number of carbonyl (C=O) groups is 1. The fourth-order valence-corrected chi connectivity index (χ4v) is 6.71. The van der Waals surface area contributed by atoms with E-state index in [9.17, 15) is 4.79 Å². The predicted octanol–water partition coefficient (Wildman–Crippen LogP) is 2.32. The summed E-state index contributed by atoms with van der Waals surface area (Å²) < 4.78 is 12.4. The lowest BCUT2D eigenvalue weighted by molar-refractivity contribution is -0.658. The number of quaternary nitrogens is 1. The van der Waals surface area contributed by atoms with Gasteiger partial charge in [-0.15, -0.1) is 0 Å². The summed E-state index contributed by atoms with van der Waals surface area (Å²) in [7, 11) is 0. The molecule has 0 amide bonds. The average molecular weight is 371 g/mol. The van der Waals surface area contributed by atoms with Crippen LogP contribution < -0.4 is 5.32 Å². The zero-order valence-corrected chi connectivity index (χ0v) is 16.5. The molecule has 2 heterocycles. The number of nitrogens with two attached hydrogens (primary N) is 1. The van der Waals surface area contributed by atoms with Gasteiger partial charge in [-0.3, -0.25) is 4.79 Å². The molecule has 1 aromatic rings. The molecular formula is C23H32NO3+. The number of ether oxygens (including phenoxy) is 2. The van der Waals surface area contributed by atoms with E-state index < -0.39 is 0 Å². The fraction of sp³-hybridized carbons (Fsp3) is 0.696. The van der Waals surface area contributed by atoms with Gasteiger partial charge in [-0.1, -0.05) is 50.6 Å². The van der Waals surface area contributed by atoms with Crippen LogP contribution in [0.25, 0.3) is 0 Å². The molecule has 2 saturated carbocycles. The topological polar surface area (TPSA) is 55.4 Å². The zero-order valence-electron chi connectivity index (χ0n) is 16.5. The van der Waals surface area contributed by atoms with Crippen LogP contribution in [-0.2, 0) is 20.7 Å². The standard InChI is InChI=1S/C23H31NO3/c1-15-7-6-11-22(2)13-18-19(20-23(15,22)27-20)17(21(25)26-18)14-24-12-10-16-8-4-3-5-9-16/h3-5,8-9,15,17-20,24H,6-7,10-14H2,1-2H3/p+1/t15-,17+,18+,19+,20-,22+,23-/m0/s1. The Bertz CT molecular complexity index is 722. The van der Waals surface area contributed by atoms with Crippen LogP contribution in [0.5, 0.6) is 0 Å². The Hall–Kier alpha value is -1.39. The molecule has 1 aromatic carbocycles. The summed E-state index contributed by atoms with van der Waals surface area (Å²) in [6.07, 6.45) is 6.07. The van der Waals surface area contributed by atoms with Crippen molar-refractivity contribution in [3.05, 3.63) is 35.9 Å². The minimum atomic E-state index is -0.00572. The van der Waals surface area contributed by atoms with E-state index in [1.165, 1.54) is 24.8 Å². The summed E-state index contributed by atoms with van der Waals surface area (Å²) in [6.45, 7) is 6.58. The normalized spacial score (nSPS) is 44.8. The summed E-state index contributed by atoms with van der Waals surface area (Å²) in [5.74, 6) is 0.870. The van der Waals surface area contributed by atoms with Crippen molar-refractivity contribution in [1.82, 2.24) is 0 Å². The zero-order chi connectivity index (χ0) is 18.6. The molecule has 1 spiro atoms. The molecule has 4 aliphatic rings. The van der Waals surface area contributed by atoms with E-state index in [0.717, 1.165) is 25.9 Å². The van der Waals surface area contributed by atoms with Crippen LogP contribution in [0.2, 0.25) is 0 Å². The lowest BCUT2D eigenvalue weighted by Gasteiger charge is -2.48. The lowest BCUT2D eigenvalue weighted by Crippen LogP contribution is -2.86. The third-order valence-electron chi connectivity index (χ3n) is 8.09. The largest absolute Gasteiger partial charge is 0.462 e. The minimum Gasteiger partial charge on any atom is -0.462 e. The Kier molecular flexibility index (Phi) is 4.14. The number of rotatable bonds is 5. The SMILES string of the molecule is C[C@H]1CCC[C@]2(C)C[C@H]3OC(=O)[C@H](C[NH2+]CCc4ccccc4)[C@H]3[C@@H]3O[C@@]132. The van der Waals surface area contributed by atoms with E-state index in [1.807, 2.05) is 0 Å². The van der Waals surface area contributed by atoms with Crippen LogP contribution in [-0.4, -0.2) is 36.9 Å². The molecule has 0 unspecified atom stereocenters. The molecule has 4 fully saturated rings. The minimum absolute atomic E-state index is 0.00572. The number of benzene rings is 1. The average Bonchev–Trinajstić information content (AvgIpc) is 3.34. The van der Waals surface area contributed by atoms with Crippen molar-refractivity contribution in [2.45, 2.75) is 63.8 Å². The molecule has 5 rings (SSSR count). The third-order valence-corrected chi connectivity index (χ3v) is 8.09. The number of epoxide rings is 1. The first kappa shape index (κ1) is 17.7. The van der Waals surface area contributed by atoms with Crippen LogP contribution in [0.1, 0.15) is 45.1 Å². The van der Waals surface area contributed by atoms with Gasteiger partial charge in [0.2, 0.25) is 0 Å². The lowest BCUT2D eigenvalue weighted by atomic mass is 9.53. The van der Waals surface area contributed by atoms with Crippen LogP contribution in [0.15, 0.2) is 30.3 Å². The van der Waals surface area contributed by atoms with Crippen molar-refractivity contribution in [2.75, 3.05) is 13.1 Å². The Morgan fingerprint density at radius 3 is 2.89 bits per heavy atom. The summed E-state index contributed by atoms with van der Waals surface area (Å²) in [4.78, 5) is 12.7. The highest BCUT2D eigenvalue weighted by Gasteiger charge is 2.78. The summed E-state index contributed by atoms with van der Waals surface area (Å²) >= 11 is 0. The quantitative estimate of drug-likeness (QED) is 0.492. The monoisotopic (exact) mass is 370 g/mol. The van der Waals surface area contributed by atoms with Gasteiger partial charge in [-0.05, 0) is 30.7 Å². The van der Waals surface area contributed by atoms with Gasteiger partial charge >= 0.3 is 5.97 Å². The molecule has 7 atom stereocenters. The van der Waals surface area contributed by atoms with Gasteiger partial charge in [-0.2, -0.15) is 0 Å². The third kappa shape index (κ3) is 2.60. The van der Waals surface area contributed by atoms with Crippen molar-refractivity contribution in [1.29, 1.82) is 0 Å². The fourth-order valence-electron chi connectivity index (χ4n) is 6.71. The molecule has 4 heteroatoms. The van der Waals surface area contributed by atoms with E-state index in [2.05, 4.69) is 49.5 Å². The van der Waals surface area contributed by atoms with E-state index in [4.69, 9.17) is 9.47 Å². The number of fused-ring (bicyclic) bond motifs is 2. The summed E-state index contributed by atoms with van der Waals surface area (Å²) in [6, 6.07) is 10.6. The Morgan fingerprint density at radius 2 is 2.07 bits per heavy atom. The Morgan fingerprint density at radius 1 is 1.26 bits per heavy atom. The number of hydrogen-bond acceptors (Lipinski definition) is 3. The second-order valence-corrected chi connectivity index (χ2v) is 9.60. The van der Waals surface area contributed by atoms with Gasteiger partial charge in [0.05, 0.1) is 19.2 Å². The van der Waals surface area contributed by atoms with Crippen molar-refractivity contribution >= 4 is 5.97 Å². The number of hydrogen-bond donors (Lipinski definition) is 1. The molecule has 4 nitrogen and oxygen atoms in total. The maximum absolute atomic E-state index is 12.7. The van der Waals surface area contributed by atoms with Gasteiger partial charge in [0, 0.05) is 17.8 Å². The summed E-state index contributed by atoms with van der Waals surface area (Å²) in [5, 5.41) is 2.30. The number of carbonyl (C=O) groups excluding carboxylic acids is 1. The van der Waals surface area contributed by atoms with Crippen molar-refractivity contribution in [2.24, 2.45) is 23.2 Å². The molecule has 0 radical (unpaired) electrons. The second-order valence-electron chi connectivity index (χ2n) is 9.60. The molecule has 146 valence electrons. The van der Waals surface area contributed by atoms with Gasteiger partial charge in [-0.25, -0.2) is 0 Å². The first-order valence-electron chi connectivity index (χ1n) is 10.8. The number of esters is 1. The predicted molar refractivity (Wildman–Crippen MR) is 102 cm³/mol. The van der Waals surface area contributed by atoms with E-state index in [1.54, 1.807) is 0 Å². The van der Waals surface area contributed by atoms with Crippen LogP contribution in [0, 0.1) is 23.2 Å². The van der Waals surface area contributed by atoms with Crippen LogP contribution >= 0.6 is 0 Å². The van der Waals surface area contributed by atoms with Gasteiger partial charge in [0.25, 0.3) is 0 Å². The maximum Gasteiger partial charge on any atom is 0.315 e. The Labute approximate surface area is 162 Å². The second kappa shape index (κ2) is 6.31. The first-order chi connectivity index (χ1) is 13.1. The molecule has 0 aromatic heterocycles. The van der Waals surface area contributed by atoms with E-state index >= 15 is 0 Å². The smallest absolute Gasteiger partial charge is 0.315 e. The Balaban J connectivity index is 1.25. The van der Waals surface area contributed by atoms with Gasteiger partial charge in [0.1, 0.15) is 17.6 Å². The van der Waals surface area contributed by atoms with Crippen LogP contribution in [0.4, 0.5) is 0 Å². The molecule has 2 N–H and O–H groups in total. The molecule has 0 bridgehead atoms. The highest BCUT2D eigenvalue weighted by Crippen LogP contribution is 2.70. The van der Waals surface area contributed by atoms with Crippen LogP contribution in [0.3, 0.4) is 0 Å². The molecule has 2 aliphatic heterocycles. The first-order valence-corrected chi connectivity index (χ1v) is 10.8. The molecule has 27 heavy (non-hydrogen) atoms. The van der Waals surface area contributed by atoms with Crippen molar-refractivity contribution in [3.8, 4) is 0 Å². The van der Waals surface area contributed by atoms with Crippen molar-refractivity contribution in [3.63, 3.8) is 0 Å². The highest BCUT2D eigenvalue weighted by atomic mass is 16.6. The van der Waals surface area contributed by atoms with Gasteiger partial charge < -0.3 is 14.8 Å². The molecule has 2 aliphatic carbocycles. The highest BCUT2D eigenvalue weighted by molar-refractivity contribution is 5.76. The summed E-state index contributed by atoms with van der Waals surface area (Å²) in [5.41, 5.74) is 1.56. The van der Waals surface area contributed by atoms with E-state index in [0.29, 0.717) is 5.92 Å². The molecular weight excluding hydrogens is 338 g/mol. The molecule has 2 saturated heterocycles. The maximum atomic E-state index is 12.7. The van der Waals surface area contributed by atoms with Gasteiger partial charge in [0.15, 0.2) is 0 Å². The van der Waals surface area contributed by atoms with E-state index in [-0.39, 0.29) is 41.0 Å². The van der Waals surface area contributed by atoms with Crippen molar-refractivity contribution < 1.29 is 19.6 Å².